The van der Waals surface area contributed by atoms with Crippen LogP contribution >= 0.6 is 0 Å². The number of ether oxygens (including phenoxy) is 2. The Hall–Kier alpha value is -2.32. The van der Waals surface area contributed by atoms with E-state index in [0.29, 0.717) is 59.2 Å². The van der Waals surface area contributed by atoms with E-state index in [-0.39, 0.29) is 17.4 Å². The lowest BCUT2D eigenvalue weighted by molar-refractivity contribution is -0.138. The fourth-order valence-corrected chi connectivity index (χ4v) is 2.76. The maximum absolute atomic E-state index is 12.8. The molecule has 1 aromatic rings. The molecule has 0 saturated carbocycles. The fourth-order valence-electron chi connectivity index (χ4n) is 2.76. The minimum Gasteiger partial charge on any atom is -0.467 e. The van der Waals surface area contributed by atoms with Crippen LogP contribution in [0.5, 0.6) is 0 Å². The number of hydrogen-bond donors (Lipinski definition) is 1. The molecule has 0 aromatic carbocycles. The van der Waals surface area contributed by atoms with Crippen LogP contribution in [0.2, 0.25) is 0 Å². The Balaban J connectivity index is 1.71. The third kappa shape index (κ3) is 4.61. The molecular formula is C17H23N3O5. The predicted octanol–water partition coefficient (Wildman–Crippen LogP) is -0.0293. The van der Waals surface area contributed by atoms with E-state index in [0.717, 1.165) is 5.76 Å². The number of carbonyl (C=O) groups is 2. The number of rotatable bonds is 5. The van der Waals surface area contributed by atoms with Gasteiger partial charge in [0, 0.05) is 32.4 Å². The van der Waals surface area contributed by atoms with Crippen LogP contribution in [0.4, 0.5) is 0 Å². The van der Waals surface area contributed by atoms with Crippen LogP contribution in [0.15, 0.2) is 34.6 Å². The Kier molecular flexibility index (Phi) is 6.08. The summed E-state index contributed by atoms with van der Waals surface area (Å²) >= 11 is 0. The summed E-state index contributed by atoms with van der Waals surface area (Å²) in [5, 5.41) is 3.01. The summed E-state index contributed by atoms with van der Waals surface area (Å²) in [5.74, 6) is 0.187. The number of carbonyl (C=O) groups excluding carboxylic acids is 2. The van der Waals surface area contributed by atoms with Gasteiger partial charge in [-0.2, -0.15) is 0 Å². The zero-order chi connectivity index (χ0) is 17.5. The van der Waals surface area contributed by atoms with Gasteiger partial charge in [-0.25, -0.2) is 0 Å². The molecule has 3 rings (SSSR count). The molecule has 8 nitrogen and oxygen atoms in total. The van der Waals surface area contributed by atoms with Crippen LogP contribution in [0.1, 0.15) is 5.76 Å². The van der Waals surface area contributed by atoms with E-state index >= 15 is 0 Å². The smallest absolute Gasteiger partial charge is 0.261 e. The maximum atomic E-state index is 12.8. The molecule has 2 saturated heterocycles. The molecule has 8 heteroatoms. The van der Waals surface area contributed by atoms with Crippen molar-refractivity contribution in [2.45, 2.75) is 6.54 Å². The van der Waals surface area contributed by atoms with Crippen molar-refractivity contribution in [3.8, 4) is 0 Å². The van der Waals surface area contributed by atoms with Gasteiger partial charge in [-0.3, -0.25) is 9.59 Å². The summed E-state index contributed by atoms with van der Waals surface area (Å²) in [7, 11) is 0. The van der Waals surface area contributed by atoms with Crippen molar-refractivity contribution in [2.24, 2.45) is 0 Å². The maximum Gasteiger partial charge on any atom is 0.261 e. The predicted molar refractivity (Wildman–Crippen MR) is 88.4 cm³/mol. The van der Waals surface area contributed by atoms with Crippen molar-refractivity contribution in [1.82, 2.24) is 15.1 Å². The highest BCUT2D eigenvalue weighted by Gasteiger charge is 2.29. The molecule has 1 N–H and O–H groups in total. The van der Waals surface area contributed by atoms with Gasteiger partial charge in [-0.05, 0) is 12.1 Å². The van der Waals surface area contributed by atoms with Crippen molar-refractivity contribution < 1.29 is 23.5 Å². The molecule has 0 bridgehead atoms. The normalized spacial score (nSPS) is 17.9. The number of morpholine rings is 2. The van der Waals surface area contributed by atoms with Gasteiger partial charge in [0.1, 0.15) is 11.3 Å². The average Bonchev–Trinajstić information content (AvgIpc) is 3.19. The molecule has 136 valence electrons. The standard InChI is InChI=1S/C17H23N3O5/c21-16(19-3-8-23-9-4-19)15(13-18-12-14-2-1-7-25-14)17(22)20-5-10-24-11-6-20/h1-2,7,13,18H,3-6,8-12H2. The van der Waals surface area contributed by atoms with Crippen molar-refractivity contribution in [1.29, 1.82) is 0 Å². The van der Waals surface area contributed by atoms with Gasteiger partial charge in [0.05, 0.1) is 39.2 Å². The number of amides is 2. The zero-order valence-corrected chi connectivity index (χ0v) is 14.1. The lowest BCUT2D eigenvalue weighted by atomic mass is 10.2. The van der Waals surface area contributed by atoms with E-state index in [1.165, 1.54) is 6.20 Å². The van der Waals surface area contributed by atoms with E-state index in [2.05, 4.69) is 5.32 Å². The molecule has 1 aromatic heterocycles. The first kappa shape index (κ1) is 17.5. The molecule has 2 aliphatic heterocycles. The molecule has 0 radical (unpaired) electrons. The topological polar surface area (TPSA) is 84.2 Å². The highest BCUT2D eigenvalue weighted by atomic mass is 16.5. The third-order valence-corrected chi connectivity index (χ3v) is 4.16. The van der Waals surface area contributed by atoms with Crippen LogP contribution < -0.4 is 5.32 Å². The lowest BCUT2D eigenvalue weighted by Crippen LogP contribution is -2.47. The van der Waals surface area contributed by atoms with E-state index in [1.54, 1.807) is 22.1 Å². The molecule has 2 fully saturated rings. The van der Waals surface area contributed by atoms with Crippen LogP contribution in [-0.2, 0) is 25.6 Å². The number of nitrogens with zero attached hydrogens (tertiary/aromatic N) is 2. The SMILES string of the molecule is O=C(C(=CNCc1ccco1)C(=O)N1CCOCC1)N1CCOCC1. The highest BCUT2D eigenvalue weighted by Crippen LogP contribution is 2.11. The van der Waals surface area contributed by atoms with Gasteiger partial charge < -0.3 is 29.0 Å². The Morgan fingerprint density at radius 2 is 1.56 bits per heavy atom. The first-order chi connectivity index (χ1) is 12.3. The lowest BCUT2D eigenvalue weighted by Gasteiger charge is -2.31. The van der Waals surface area contributed by atoms with Crippen molar-refractivity contribution >= 4 is 11.8 Å². The Labute approximate surface area is 146 Å². The third-order valence-electron chi connectivity index (χ3n) is 4.16. The van der Waals surface area contributed by atoms with Crippen LogP contribution in [0.25, 0.3) is 0 Å². The summed E-state index contributed by atoms with van der Waals surface area (Å²) in [6, 6.07) is 3.62. The van der Waals surface area contributed by atoms with Gasteiger partial charge >= 0.3 is 0 Å². The molecule has 2 amide bonds. The van der Waals surface area contributed by atoms with Crippen LogP contribution in [0, 0.1) is 0 Å². The summed E-state index contributed by atoms with van der Waals surface area (Å²) < 4.78 is 15.8. The number of hydrogen-bond acceptors (Lipinski definition) is 6. The molecular weight excluding hydrogens is 326 g/mol. The number of furan rings is 1. The average molecular weight is 349 g/mol. The Bertz CT molecular complexity index is 570. The molecule has 0 aliphatic carbocycles. The molecule has 0 spiro atoms. The summed E-state index contributed by atoms with van der Waals surface area (Å²) in [4.78, 5) is 29.0. The second kappa shape index (κ2) is 8.68. The fraction of sp³-hybridized carbons (Fsp3) is 0.529. The Morgan fingerprint density at radius 1 is 1.00 bits per heavy atom. The minimum absolute atomic E-state index is 0.135. The van der Waals surface area contributed by atoms with E-state index in [9.17, 15) is 9.59 Å². The Morgan fingerprint density at radius 3 is 2.04 bits per heavy atom. The van der Waals surface area contributed by atoms with Gasteiger partial charge in [-0.1, -0.05) is 0 Å². The summed E-state index contributed by atoms with van der Waals surface area (Å²) in [6.07, 6.45) is 3.08. The summed E-state index contributed by atoms with van der Waals surface area (Å²) in [6.45, 7) is 4.33. The molecule has 2 aliphatic rings. The van der Waals surface area contributed by atoms with Gasteiger partial charge in [0.15, 0.2) is 0 Å². The number of nitrogens with one attached hydrogen (secondary N) is 1. The minimum atomic E-state index is -0.272. The van der Waals surface area contributed by atoms with Crippen LogP contribution in [0.3, 0.4) is 0 Å². The molecule has 0 unspecified atom stereocenters. The quantitative estimate of drug-likeness (QED) is 0.457. The second-order valence-electron chi connectivity index (χ2n) is 5.83. The zero-order valence-electron chi connectivity index (χ0n) is 14.1. The van der Waals surface area contributed by atoms with E-state index < -0.39 is 0 Å². The monoisotopic (exact) mass is 349 g/mol. The van der Waals surface area contributed by atoms with E-state index in [4.69, 9.17) is 13.9 Å². The second-order valence-corrected chi connectivity index (χ2v) is 5.83. The molecule has 0 atom stereocenters. The van der Waals surface area contributed by atoms with Gasteiger partial charge in [0.25, 0.3) is 11.8 Å². The van der Waals surface area contributed by atoms with Crippen molar-refractivity contribution in [2.75, 3.05) is 52.6 Å². The highest BCUT2D eigenvalue weighted by molar-refractivity contribution is 6.18. The van der Waals surface area contributed by atoms with E-state index in [1.807, 2.05) is 6.07 Å². The summed E-state index contributed by atoms with van der Waals surface area (Å²) in [5.41, 5.74) is 0.135. The molecule has 25 heavy (non-hydrogen) atoms. The van der Waals surface area contributed by atoms with Crippen molar-refractivity contribution in [3.63, 3.8) is 0 Å². The molecule has 3 heterocycles. The van der Waals surface area contributed by atoms with Gasteiger partial charge in [-0.15, -0.1) is 0 Å². The van der Waals surface area contributed by atoms with Crippen LogP contribution in [-0.4, -0.2) is 74.2 Å². The first-order valence-electron chi connectivity index (χ1n) is 8.45. The van der Waals surface area contributed by atoms with Crippen molar-refractivity contribution in [3.05, 3.63) is 35.9 Å². The van der Waals surface area contributed by atoms with Gasteiger partial charge in [0.2, 0.25) is 0 Å². The first-order valence-corrected chi connectivity index (χ1v) is 8.45. The largest absolute Gasteiger partial charge is 0.467 e.